The fraction of sp³-hybridized carbons (Fsp3) is 0.241. The SMILES string of the molecule is COC(=O)C(C)(C)Cc1[nH]c2cc(OC(=O)c3ccc(Cl)cc3)cc(C)c2c1Cc1ccc(Cl)cc1. The quantitative estimate of drug-likeness (QED) is 0.203. The van der Waals surface area contributed by atoms with Gasteiger partial charge in [-0.15, -0.1) is 0 Å². The van der Waals surface area contributed by atoms with Gasteiger partial charge >= 0.3 is 11.9 Å². The zero-order valence-electron chi connectivity index (χ0n) is 20.6. The van der Waals surface area contributed by atoms with Crippen molar-refractivity contribution in [2.45, 2.75) is 33.6 Å². The molecule has 0 unspecified atom stereocenters. The van der Waals surface area contributed by atoms with E-state index in [2.05, 4.69) is 4.98 Å². The molecule has 0 aliphatic carbocycles. The van der Waals surface area contributed by atoms with E-state index in [-0.39, 0.29) is 5.97 Å². The number of aromatic amines is 1. The average Bonchev–Trinajstić information content (AvgIpc) is 3.16. The van der Waals surface area contributed by atoms with Crippen molar-refractivity contribution < 1.29 is 19.1 Å². The zero-order valence-corrected chi connectivity index (χ0v) is 22.1. The summed E-state index contributed by atoms with van der Waals surface area (Å²) in [6.45, 7) is 5.71. The molecule has 4 aromatic rings. The number of carbonyl (C=O) groups excluding carboxylic acids is 2. The number of halogens is 2. The predicted molar refractivity (Wildman–Crippen MR) is 143 cm³/mol. The molecule has 7 heteroatoms. The monoisotopic (exact) mass is 523 g/mol. The van der Waals surface area contributed by atoms with Crippen LogP contribution >= 0.6 is 23.2 Å². The molecule has 0 saturated carbocycles. The van der Waals surface area contributed by atoms with Gasteiger partial charge in [0.05, 0.1) is 18.1 Å². The second kappa shape index (κ2) is 10.4. The zero-order chi connectivity index (χ0) is 26.0. The van der Waals surface area contributed by atoms with Crippen LogP contribution in [-0.2, 0) is 22.4 Å². The highest BCUT2D eigenvalue weighted by molar-refractivity contribution is 6.30. The standard InChI is InChI=1S/C29H27Cl2NO4/c1-17-13-22(36-27(33)19-7-11-21(31)12-8-19)15-24-26(17)23(14-18-5-9-20(30)10-6-18)25(32-24)16-29(2,3)28(34)35-4/h5-13,15,32H,14,16H2,1-4H3. The number of aromatic nitrogens is 1. The second-order valence-corrected chi connectivity index (χ2v) is 10.4. The molecule has 1 N–H and O–H groups in total. The molecule has 0 atom stereocenters. The van der Waals surface area contributed by atoms with Crippen LogP contribution in [0.2, 0.25) is 10.0 Å². The highest BCUT2D eigenvalue weighted by Crippen LogP contribution is 2.35. The minimum Gasteiger partial charge on any atom is -0.469 e. The largest absolute Gasteiger partial charge is 0.469 e. The number of fused-ring (bicyclic) bond motifs is 1. The lowest BCUT2D eigenvalue weighted by Gasteiger charge is -2.21. The summed E-state index contributed by atoms with van der Waals surface area (Å²) < 4.78 is 10.7. The lowest BCUT2D eigenvalue weighted by Crippen LogP contribution is -2.28. The summed E-state index contributed by atoms with van der Waals surface area (Å²) in [6.07, 6.45) is 1.10. The summed E-state index contributed by atoms with van der Waals surface area (Å²) >= 11 is 12.0. The number of aryl methyl sites for hydroxylation is 1. The Bertz CT molecular complexity index is 1420. The number of hydrogen-bond acceptors (Lipinski definition) is 4. The van der Waals surface area contributed by atoms with E-state index < -0.39 is 11.4 Å². The molecule has 0 bridgehead atoms. The van der Waals surface area contributed by atoms with Gasteiger partial charge < -0.3 is 14.5 Å². The number of carbonyl (C=O) groups is 2. The number of H-pyrrole nitrogens is 1. The summed E-state index contributed by atoms with van der Waals surface area (Å²) in [7, 11) is 1.40. The van der Waals surface area contributed by atoms with E-state index in [0.29, 0.717) is 34.2 Å². The Labute approximate surface area is 220 Å². The Morgan fingerprint density at radius 2 is 1.56 bits per heavy atom. The summed E-state index contributed by atoms with van der Waals surface area (Å²) in [6, 6.07) is 17.9. The molecule has 0 saturated heterocycles. The van der Waals surface area contributed by atoms with Gasteiger partial charge in [-0.25, -0.2) is 4.79 Å². The maximum Gasteiger partial charge on any atom is 0.343 e. The van der Waals surface area contributed by atoms with Crippen LogP contribution in [0.25, 0.3) is 10.9 Å². The number of ether oxygens (including phenoxy) is 2. The molecule has 0 fully saturated rings. The first-order valence-electron chi connectivity index (χ1n) is 11.5. The molecular weight excluding hydrogens is 497 g/mol. The third-order valence-electron chi connectivity index (χ3n) is 6.20. The molecule has 0 spiro atoms. The molecular formula is C29H27Cl2NO4. The van der Waals surface area contributed by atoms with Crippen molar-refractivity contribution in [2.24, 2.45) is 5.41 Å². The number of rotatable bonds is 7. The number of hydrogen-bond donors (Lipinski definition) is 1. The fourth-order valence-corrected chi connectivity index (χ4v) is 4.65. The van der Waals surface area contributed by atoms with Gasteiger partial charge in [0.15, 0.2) is 0 Å². The van der Waals surface area contributed by atoms with Crippen LogP contribution in [0.15, 0.2) is 60.7 Å². The average molecular weight is 524 g/mol. The maximum atomic E-state index is 12.7. The number of benzene rings is 3. The smallest absolute Gasteiger partial charge is 0.343 e. The van der Waals surface area contributed by atoms with Crippen LogP contribution in [-0.4, -0.2) is 24.0 Å². The van der Waals surface area contributed by atoms with Gasteiger partial charge in [-0.3, -0.25) is 4.79 Å². The summed E-state index contributed by atoms with van der Waals surface area (Å²) in [4.78, 5) is 28.6. The Morgan fingerprint density at radius 1 is 0.944 bits per heavy atom. The molecule has 1 heterocycles. The second-order valence-electron chi connectivity index (χ2n) is 9.50. The molecule has 186 valence electrons. The fourth-order valence-electron chi connectivity index (χ4n) is 4.40. The highest BCUT2D eigenvalue weighted by atomic mass is 35.5. The van der Waals surface area contributed by atoms with Gasteiger partial charge in [0.25, 0.3) is 0 Å². The molecule has 5 nitrogen and oxygen atoms in total. The molecule has 36 heavy (non-hydrogen) atoms. The third-order valence-corrected chi connectivity index (χ3v) is 6.71. The highest BCUT2D eigenvalue weighted by Gasteiger charge is 2.31. The molecule has 0 aliphatic heterocycles. The van der Waals surface area contributed by atoms with Crippen LogP contribution in [0.4, 0.5) is 0 Å². The van der Waals surface area contributed by atoms with Crippen LogP contribution < -0.4 is 4.74 Å². The first-order chi connectivity index (χ1) is 17.1. The normalized spacial score (nSPS) is 11.5. The molecule has 0 radical (unpaired) electrons. The summed E-state index contributed by atoms with van der Waals surface area (Å²) in [5, 5.41) is 2.26. The minimum atomic E-state index is -0.734. The van der Waals surface area contributed by atoms with E-state index in [0.717, 1.165) is 33.3 Å². The third kappa shape index (κ3) is 5.58. The molecule has 0 amide bonds. The Morgan fingerprint density at radius 3 is 2.17 bits per heavy atom. The van der Waals surface area contributed by atoms with E-state index in [9.17, 15) is 9.59 Å². The maximum absolute atomic E-state index is 12.7. The van der Waals surface area contributed by atoms with Crippen molar-refractivity contribution in [3.63, 3.8) is 0 Å². The van der Waals surface area contributed by atoms with Gasteiger partial charge in [0, 0.05) is 39.1 Å². The van der Waals surface area contributed by atoms with Crippen molar-refractivity contribution in [3.8, 4) is 5.75 Å². The van der Waals surface area contributed by atoms with Gasteiger partial charge in [0.1, 0.15) is 5.75 Å². The summed E-state index contributed by atoms with van der Waals surface area (Å²) in [5.74, 6) is -0.323. The summed E-state index contributed by atoms with van der Waals surface area (Å²) in [5.41, 5.74) is 4.56. The van der Waals surface area contributed by atoms with Gasteiger partial charge in [-0.05, 0) is 86.3 Å². The van der Waals surface area contributed by atoms with E-state index in [1.165, 1.54) is 7.11 Å². The van der Waals surface area contributed by atoms with Crippen molar-refractivity contribution >= 4 is 46.0 Å². The lowest BCUT2D eigenvalue weighted by atomic mass is 9.85. The van der Waals surface area contributed by atoms with Gasteiger partial charge in [-0.1, -0.05) is 35.3 Å². The van der Waals surface area contributed by atoms with Crippen LogP contribution in [0.3, 0.4) is 0 Å². The van der Waals surface area contributed by atoms with Crippen LogP contribution in [0.5, 0.6) is 5.75 Å². The van der Waals surface area contributed by atoms with E-state index >= 15 is 0 Å². The predicted octanol–water partition coefficient (Wildman–Crippen LogP) is 7.33. The molecule has 3 aromatic carbocycles. The minimum absolute atomic E-state index is 0.284. The van der Waals surface area contributed by atoms with Crippen molar-refractivity contribution in [3.05, 3.63) is 98.7 Å². The Kier molecular flexibility index (Phi) is 7.43. The van der Waals surface area contributed by atoms with Gasteiger partial charge in [0.2, 0.25) is 0 Å². The first-order valence-corrected chi connectivity index (χ1v) is 12.3. The van der Waals surface area contributed by atoms with Gasteiger partial charge in [-0.2, -0.15) is 0 Å². The number of methoxy groups -OCH3 is 1. The Balaban J connectivity index is 1.75. The van der Waals surface area contributed by atoms with Crippen molar-refractivity contribution in [1.82, 2.24) is 4.98 Å². The van der Waals surface area contributed by atoms with Crippen LogP contribution in [0, 0.1) is 12.3 Å². The van der Waals surface area contributed by atoms with E-state index in [4.69, 9.17) is 32.7 Å². The number of esters is 2. The molecule has 0 aliphatic rings. The lowest BCUT2D eigenvalue weighted by molar-refractivity contribution is -0.150. The van der Waals surface area contributed by atoms with Crippen LogP contribution in [0.1, 0.15) is 46.6 Å². The topological polar surface area (TPSA) is 68.4 Å². The molecule has 1 aromatic heterocycles. The Hall–Kier alpha value is -3.28. The van der Waals surface area contributed by atoms with Crippen molar-refractivity contribution in [2.75, 3.05) is 7.11 Å². The number of nitrogens with one attached hydrogen (secondary N) is 1. The molecule has 4 rings (SSSR count). The van der Waals surface area contributed by atoms with E-state index in [1.807, 2.05) is 57.2 Å². The van der Waals surface area contributed by atoms with Crippen molar-refractivity contribution in [1.29, 1.82) is 0 Å². The van der Waals surface area contributed by atoms with E-state index in [1.54, 1.807) is 24.3 Å². The first kappa shape index (κ1) is 25.8.